The van der Waals surface area contributed by atoms with Crippen molar-refractivity contribution in [2.75, 3.05) is 0 Å². The number of hydrogen-bond donors (Lipinski definition) is 2. The van der Waals surface area contributed by atoms with E-state index < -0.39 is 5.91 Å². The van der Waals surface area contributed by atoms with Gasteiger partial charge in [0.2, 0.25) is 5.91 Å². The number of benzene rings is 3. The second-order valence-electron chi connectivity index (χ2n) is 8.52. The van der Waals surface area contributed by atoms with Crippen LogP contribution >= 0.6 is 24.0 Å². The topological polar surface area (TPSA) is 81.0 Å². The predicted molar refractivity (Wildman–Crippen MR) is 132 cm³/mol. The van der Waals surface area contributed by atoms with Gasteiger partial charge in [-0.25, -0.2) is 4.98 Å². The first-order valence-electron chi connectivity index (χ1n) is 10.0. The second kappa shape index (κ2) is 9.23. The molecule has 0 fully saturated rings. The van der Waals surface area contributed by atoms with Crippen molar-refractivity contribution in [2.24, 2.45) is 5.73 Å². The summed E-state index contributed by atoms with van der Waals surface area (Å²) in [6.45, 7) is 6.73. The third kappa shape index (κ3) is 4.90. The zero-order chi connectivity index (χ0) is 22.2. The average molecular weight is 470 g/mol. The number of ether oxygens (including phenoxy) is 1. The fraction of sp³-hybridized carbons (Fsp3) is 0.200. The third-order valence-electron chi connectivity index (χ3n) is 5.22. The molecule has 32 heavy (non-hydrogen) atoms. The van der Waals surface area contributed by atoms with Crippen molar-refractivity contribution in [1.29, 1.82) is 0 Å². The molecule has 4 aromatic rings. The second-order valence-corrected chi connectivity index (χ2v) is 8.93. The molecular weight excluding hydrogens is 445 g/mol. The Bertz CT molecular complexity index is 1280. The van der Waals surface area contributed by atoms with Crippen LogP contribution in [0.25, 0.3) is 22.4 Å². The van der Waals surface area contributed by atoms with E-state index in [9.17, 15) is 4.79 Å². The number of carbonyl (C=O) groups excluding carboxylic acids is 1. The maximum Gasteiger partial charge on any atom is 0.249 e. The zero-order valence-corrected chi connectivity index (χ0v) is 19.7. The molecule has 3 aromatic carbocycles. The highest BCUT2D eigenvalue weighted by molar-refractivity contribution is 6.32. The number of nitrogens with two attached hydrogens (primary N) is 1. The molecule has 0 radical (unpaired) electrons. The van der Waals surface area contributed by atoms with Gasteiger partial charge in [-0.3, -0.25) is 4.79 Å². The van der Waals surface area contributed by atoms with Crippen LogP contribution in [0.15, 0.2) is 60.7 Å². The number of imidazole rings is 1. The SMILES string of the molecule is CC(C)(C)c1ccc2nc(-c3ccc(Cl)c(OCc4ccccc4C(N)=O)c3)[nH]c2c1.Cl. The van der Waals surface area contributed by atoms with Gasteiger partial charge in [-0.15, -0.1) is 12.4 Å². The normalized spacial score (nSPS) is 11.2. The molecule has 0 atom stereocenters. The van der Waals surface area contributed by atoms with Gasteiger partial charge in [0.15, 0.2) is 0 Å². The Hall–Kier alpha value is -3.02. The molecule has 0 aliphatic rings. The molecule has 1 aromatic heterocycles. The van der Waals surface area contributed by atoms with E-state index in [1.807, 2.05) is 30.3 Å². The number of carbonyl (C=O) groups is 1. The van der Waals surface area contributed by atoms with Crippen LogP contribution in [0.1, 0.15) is 42.3 Å². The summed E-state index contributed by atoms with van der Waals surface area (Å²) in [7, 11) is 0. The first-order valence-corrected chi connectivity index (χ1v) is 10.4. The highest BCUT2D eigenvalue weighted by Crippen LogP contribution is 2.32. The minimum absolute atomic E-state index is 0. The number of rotatable bonds is 5. The van der Waals surface area contributed by atoms with Gasteiger partial charge in [0.1, 0.15) is 18.2 Å². The Balaban J connectivity index is 0.00000289. The van der Waals surface area contributed by atoms with Crippen molar-refractivity contribution >= 4 is 40.9 Å². The van der Waals surface area contributed by atoms with Gasteiger partial charge in [0.05, 0.1) is 16.1 Å². The van der Waals surface area contributed by atoms with Gasteiger partial charge >= 0.3 is 0 Å². The van der Waals surface area contributed by atoms with Crippen LogP contribution in [-0.2, 0) is 12.0 Å². The minimum atomic E-state index is -0.490. The number of aromatic amines is 1. The van der Waals surface area contributed by atoms with Gasteiger partial charge in [-0.05, 0) is 47.4 Å². The summed E-state index contributed by atoms with van der Waals surface area (Å²) < 4.78 is 5.93. The summed E-state index contributed by atoms with van der Waals surface area (Å²) in [5.41, 5.74) is 10.6. The van der Waals surface area contributed by atoms with Crippen molar-refractivity contribution in [3.8, 4) is 17.1 Å². The van der Waals surface area contributed by atoms with Crippen molar-refractivity contribution in [1.82, 2.24) is 9.97 Å². The lowest BCUT2D eigenvalue weighted by Gasteiger charge is -2.18. The van der Waals surface area contributed by atoms with E-state index in [2.05, 4.69) is 37.9 Å². The van der Waals surface area contributed by atoms with Gasteiger partial charge in [-0.2, -0.15) is 0 Å². The minimum Gasteiger partial charge on any atom is -0.487 e. The highest BCUT2D eigenvalue weighted by Gasteiger charge is 2.16. The van der Waals surface area contributed by atoms with Crippen LogP contribution in [-0.4, -0.2) is 15.9 Å². The monoisotopic (exact) mass is 469 g/mol. The molecule has 3 N–H and O–H groups in total. The van der Waals surface area contributed by atoms with E-state index in [0.29, 0.717) is 21.9 Å². The molecule has 0 saturated heterocycles. The van der Waals surface area contributed by atoms with Crippen molar-refractivity contribution in [3.63, 3.8) is 0 Å². The quantitative estimate of drug-likeness (QED) is 0.360. The fourth-order valence-corrected chi connectivity index (χ4v) is 3.59. The van der Waals surface area contributed by atoms with Crippen molar-refractivity contribution < 1.29 is 9.53 Å². The van der Waals surface area contributed by atoms with E-state index in [4.69, 9.17) is 27.1 Å². The van der Waals surface area contributed by atoms with Gasteiger partial charge in [0, 0.05) is 16.7 Å². The summed E-state index contributed by atoms with van der Waals surface area (Å²) in [5.74, 6) is 0.755. The molecule has 0 bridgehead atoms. The van der Waals surface area contributed by atoms with Gasteiger partial charge < -0.3 is 15.5 Å². The van der Waals surface area contributed by atoms with E-state index in [1.54, 1.807) is 18.2 Å². The number of aromatic nitrogens is 2. The van der Waals surface area contributed by atoms with Crippen LogP contribution in [0.3, 0.4) is 0 Å². The lowest BCUT2D eigenvalue weighted by atomic mass is 9.87. The highest BCUT2D eigenvalue weighted by atomic mass is 35.5. The van der Waals surface area contributed by atoms with Crippen molar-refractivity contribution in [2.45, 2.75) is 32.8 Å². The number of amides is 1. The Kier molecular flexibility index (Phi) is 6.82. The number of nitrogens with zero attached hydrogens (tertiary/aromatic N) is 1. The average Bonchev–Trinajstić information content (AvgIpc) is 3.16. The summed E-state index contributed by atoms with van der Waals surface area (Å²) in [6.07, 6.45) is 0. The Morgan fingerprint density at radius 2 is 1.84 bits per heavy atom. The molecule has 0 unspecified atom stereocenters. The molecule has 0 saturated carbocycles. The summed E-state index contributed by atoms with van der Waals surface area (Å²) in [5, 5.41) is 0.478. The van der Waals surface area contributed by atoms with Gasteiger partial charge in [-0.1, -0.05) is 56.6 Å². The fourth-order valence-electron chi connectivity index (χ4n) is 3.42. The molecule has 5 nitrogen and oxygen atoms in total. The predicted octanol–water partition coefficient (Wildman–Crippen LogP) is 6.28. The molecule has 0 aliphatic heterocycles. The summed E-state index contributed by atoms with van der Waals surface area (Å²) in [4.78, 5) is 19.8. The smallest absolute Gasteiger partial charge is 0.249 e. The third-order valence-corrected chi connectivity index (χ3v) is 5.53. The number of halogens is 2. The standard InChI is InChI=1S/C25H24ClN3O2.ClH/c1-25(2,3)17-9-11-20-21(13-17)29-24(28-20)15-8-10-19(26)22(12-15)31-14-16-6-4-5-7-18(16)23(27)30;/h4-13H,14H2,1-3H3,(H2,27,30)(H,28,29);1H. The number of H-pyrrole nitrogens is 1. The first-order chi connectivity index (χ1) is 14.7. The maximum atomic E-state index is 11.6. The van der Waals surface area contributed by atoms with E-state index in [-0.39, 0.29) is 24.4 Å². The summed E-state index contributed by atoms with van der Waals surface area (Å²) >= 11 is 6.35. The number of fused-ring (bicyclic) bond motifs is 1. The number of primary amides is 1. The van der Waals surface area contributed by atoms with E-state index in [0.717, 1.165) is 22.4 Å². The molecule has 1 heterocycles. The van der Waals surface area contributed by atoms with Crippen molar-refractivity contribution in [3.05, 3.63) is 82.4 Å². The molecule has 166 valence electrons. The maximum absolute atomic E-state index is 11.6. The Morgan fingerprint density at radius 1 is 1.09 bits per heavy atom. The largest absolute Gasteiger partial charge is 0.487 e. The van der Waals surface area contributed by atoms with Crippen LogP contribution < -0.4 is 10.5 Å². The van der Waals surface area contributed by atoms with Crippen LogP contribution in [0, 0.1) is 0 Å². The van der Waals surface area contributed by atoms with Crippen LogP contribution in [0.5, 0.6) is 5.75 Å². The number of hydrogen-bond acceptors (Lipinski definition) is 3. The van der Waals surface area contributed by atoms with Gasteiger partial charge in [0.25, 0.3) is 0 Å². The number of nitrogens with one attached hydrogen (secondary N) is 1. The van der Waals surface area contributed by atoms with E-state index in [1.165, 1.54) is 5.56 Å². The summed E-state index contributed by atoms with van der Waals surface area (Å²) in [6, 6.07) is 18.9. The van der Waals surface area contributed by atoms with Crippen LogP contribution in [0.4, 0.5) is 0 Å². The molecule has 1 amide bonds. The first kappa shape index (κ1) is 23.6. The van der Waals surface area contributed by atoms with E-state index >= 15 is 0 Å². The molecule has 7 heteroatoms. The molecule has 0 spiro atoms. The Labute approximate surface area is 198 Å². The molecule has 4 rings (SSSR count). The zero-order valence-electron chi connectivity index (χ0n) is 18.1. The molecule has 0 aliphatic carbocycles. The molecular formula is C25H25Cl2N3O2. The lowest BCUT2D eigenvalue weighted by Crippen LogP contribution is -2.14. The van der Waals surface area contributed by atoms with Crippen LogP contribution in [0.2, 0.25) is 5.02 Å². The Morgan fingerprint density at radius 3 is 2.56 bits per heavy atom. The lowest BCUT2D eigenvalue weighted by molar-refractivity contribution is 0.0998.